The van der Waals surface area contributed by atoms with Gasteiger partial charge in [0, 0.05) is 19.0 Å². The summed E-state index contributed by atoms with van der Waals surface area (Å²) in [6.07, 6.45) is 2.47. The van der Waals surface area contributed by atoms with Gasteiger partial charge in [0.25, 0.3) is 5.91 Å². The van der Waals surface area contributed by atoms with E-state index in [9.17, 15) is 4.79 Å². The number of aromatic nitrogens is 1. The van der Waals surface area contributed by atoms with Crippen molar-refractivity contribution in [3.05, 3.63) is 15.6 Å². The predicted molar refractivity (Wildman–Crippen MR) is 65.5 cm³/mol. The molecule has 92 valence electrons. The van der Waals surface area contributed by atoms with Crippen LogP contribution in [-0.2, 0) is 4.74 Å². The van der Waals surface area contributed by atoms with E-state index in [2.05, 4.69) is 4.98 Å². The first-order valence-electron chi connectivity index (χ1n) is 6.10. The van der Waals surface area contributed by atoms with Gasteiger partial charge in [-0.3, -0.25) is 4.79 Å². The van der Waals surface area contributed by atoms with E-state index in [0.717, 1.165) is 15.6 Å². The summed E-state index contributed by atoms with van der Waals surface area (Å²) < 4.78 is 5.26. The number of morpholine rings is 1. The summed E-state index contributed by atoms with van der Waals surface area (Å²) in [5, 5.41) is 1.15. The van der Waals surface area contributed by atoms with Gasteiger partial charge >= 0.3 is 0 Å². The highest BCUT2D eigenvalue weighted by Crippen LogP contribution is 2.42. The molecule has 2 heterocycles. The van der Waals surface area contributed by atoms with Crippen LogP contribution in [0.5, 0.6) is 0 Å². The number of thiazole rings is 1. The van der Waals surface area contributed by atoms with Crippen molar-refractivity contribution in [1.29, 1.82) is 0 Å². The molecular formula is C12H16N2O2S. The lowest BCUT2D eigenvalue weighted by Gasteiger charge is -2.26. The van der Waals surface area contributed by atoms with E-state index < -0.39 is 0 Å². The third kappa shape index (κ3) is 2.21. The second-order valence-electron chi connectivity index (χ2n) is 4.65. The van der Waals surface area contributed by atoms with Gasteiger partial charge in [-0.1, -0.05) is 0 Å². The number of carbonyl (C=O) groups excluding carboxylic acids is 1. The zero-order valence-electron chi connectivity index (χ0n) is 9.94. The van der Waals surface area contributed by atoms with Gasteiger partial charge in [-0.15, -0.1) is 11.3 Å². The van der Waals surface area contributed by atoms with Crippen LogP contribution in [0.4, 0.5) is 0 Å². The Morgan fingerprint density at radius 1 is 1.41 bits per heavy atom. The van der Waals surface area contributed by atoms with Crippen molar-refractivity contribution in [2.24, 2.45) is 0 Å². The van der Waals surface area contributed by atoms with E-state index in [-0.39, 0.29) is 5.91 Å². The molecule has 1 aromatic rings. The summed E-state index contributed by atoms with van der Waals surface area (Å²) in [4.78, 5) is 19.5. The number of amides is 1. The molecule has 17 heavy (non-hydrogen) atoms. The van der Waals surface area contributed by atoms with Crippen molar-refractivity contribution in [2.75, 3.05) is 26.3 Å². The SMILES string of the molecule is Cc1nc(C2CC2)sc1C(=O)N1CCOCC1. The maximum atomic E-state index is 12.3. The summed E-state index contributed by atoms with van der Waals surface area (Å²) in [6, 6.07) is 0. The number of nitrogens with zero attached hydrogens (tertiary/aromatic N) is 2. The van der Waals surface area contributed by atoms with Crippen LogP contribution in [0.3, 0.4) is 0 Å². The summed E-state index contributed by atoms with van der Waals surface area (Å²) in [5.41, 5.74) is 0.897. The lowest BCUT2D eigenvalue weighted by atomic mass is 10.3. The van der Waals surface area contributed by atoms with Crippen LogP contribution < -0.4 is 0 Å². The first-order valence-corrected chi connectivity index (χ1v) is 6.91. The normalized spacial score (nSPS) is 20.6. The number of rotatable bonds is 2. The van der Waals surface area contributed by atoms with Crippen LogP contribution in [0.15, 0.2) is 0 Å². The molecule has 1 saturated heterocycles. The smallest absolute Gasteiger partial charge is 0.266 e. The second kappa shape index (κ2) is 4.38. The van der Waals surface area contributed by atoms with Crippen molar-refractivity contribution in [2.45, 2.75) is 25.7 Å². The topological polar surface area (TPSA) is 42.4 Å². The molecule has 0 N–H and O–H groups in total. The van der Waals surface area contributed by atoms with Crippen LogP contribution >= 0.6 is 11.3 Å². The Balaban J connectivity index is 1.79. The highest BCUT2D eigenvalue weighted by Gasteiger charge is 2.30. The van der Waals surface area contributed by atoms with Crippen molar-refractivity contribution in [3.8, 4) is 0 Å². The largest absolute Gasteiger partial charge is 0.378 e. The lowest BCUT2D eigenvalue weighted by molar-refractivity contribution is 0.0305. The second-order valence-corrected chi connectivity index (χ2v) is 5.68. The molecule has 0 radical (unpaired) electrons. The first kappa shape index (κ1) is 11.2. The number of hydrogen-bond acceptors (Lipinski definition) is 4. The van der Waals surface area contributed by atoms with Crippen molar-refractivity contribution >= 4 is 17.2 Å². The van der Waals surface area contributed by atoms with Crippen LogP contribution in [0.25, 0.3) is 0 Å². The zero-order valence-corrected chi connectivity index (χ0v) is 10.8. The first-order chi connectivity index (χ1) is 8.25. The maximum absolute atomic E-state index is 12.3. The minimum Gasteiger partial charge on any atom is -0.378 e. The Kier molecular flexibility index (Phi) is 2.88. The summed E-state index contributed by atoms with van der Waals surface area (Å²) in [7, 11) is 0. The average Bonchev–Trinajstić information content (AvgIpc) is 3.13. The third-order valence-corrected chi connectivity index (χ3v) is 4.54. The third-order valence-electron chi connectivity index (χ3n) is 3.23. The van der Waals surface area contributed by atoms with Crippen LogP contribution in [0.1, 0.15) is 39.1 Å². The molecule has 2 fully saturated rings. The van der Waals surface area contributed by atoms with Gasteiger partial charge in [0.05, 0.1) is 23.9 Å². The van der Waals surface area contributed by atoms with Gasteiger partial charge in [-0.05, 0) is 19.8 Å². The van der Waals surface area contributed by atoms with E-state index in [4.69, 9.17) is 4.74 Å². The minimum absolute atomic E-state index is 0.134. The van der Waals surface area contributed by atoms with Crippen LogP contribution in [0.2, 0.25) is 0 Å². The number of aryl methyl sites for hydroxylation is 1. The number of ether oxygens (including phenoxy) is 1. The fourth-order valence-corrected chi connectivity index (χ4v) is 3.23. The molecule has 1 amide bonds. The fourth-order valence-electron chi connectivity index (χ4n) is 2.03. The van der Waals surface area contributed by atoms with Gasteiger partial charge in [0.15, 0.2) is 0 Å². The van der Waals surface area contributed by atoms with E-state index in [1.807, 2.05) is 11.8 Å². The molecule has 0 aromatic carbocycles. The predicted octanol–water partition coefficient (Wildman–Crippen LogP) is 1.80. The summed E-state index contributed by atoms with van der Waals surface area (Å²) in [5.74, 6) is 0.764. The monoisotopic (exact) mass is 252 g/mol. The lowest BCUT2D eigenvalue weighted by Crippen LogP contribution is -2.40. The molecule has 1 aliphatic heterocycles. The average molecular weight is 252 g/mol. The zero-order chi connectivity index (χ0) is 11.8. The Bertz CT molecular complexity index is 434. The van der Waals surface area contributed by atoms with Gasteiger partial charge in [-0.2, -0.15) is 0 Å². The molecule has 1 aliphatic carbocycles. The molecule has 3 rings (SSSR count). The van der Waals surface area contributed by atoms with Crippen LogP contribution in [-0.4, -0.2) is 42.1 Å². The van der Waals surface area contributed by atoms with E-state index >= 15 is 0 Å². The molecule has 0 bridgehead atoms. The highest BCUT2D eigenvalue weighted by atomic mass is 32.1. The molecular weight excluding hydrogens is 236 g/mol. The van der Waals surface area contributed by atoms with Gasteiger partial charge < -0.3 is 9.64 Å². The molecule has 0 unspecified atom stereocenters. The molecule has 0 atom stereocenters. The van der Waals surface area contributed by atoms with Gasteiger partial charge in [0.2, 0.25) is 0 Å². The van der Waals surface area contributed by atoms with Crippen molar-refractivity contribution < 1.29 is 9.53 Å². The number of carbonyl (C=O) groups is 1. The highest BCUT2D eigenvalue weighted by molar-refractivity contribution is 7.13. The molecule has 0 spiro atoms. The molecule has 1 aromatic heterocycles. The number of hydrogen-bond donors (Lipinski definition) is 0. The summed E-state index contributed by atoms with van der Waals surface area (Å²) in [6.45, 7) is 4.65. The van der Waals surface area contributed by atoms with Crippen molar-refractivity contribution in [3.63, 3.8) is 0 Å². The van der Waals surface area contributed by atoms with Crippen LogP contribution in [0, 0.1) is 6.92 Å². The Morgan fingerprint density at radius 3 is 2.76 bits per heavy atom. The Labute approximate surface area is 105 Å². The standard InChI is InChI=1S/C12H16N2O2S/c1-8-10(17-11(13-8)9-2-3-9)12(15)14-4-6-16-7-5-14/h9H,2-7H2,1H3. The molecule has 4 nitrogen and oxygen atoms in total. The Hall–Kier alpha value is -0.940. The quantitative estimate of drug-likeness (QED) is 0.806. The molecule has 2 aliphatic rings. The van der Waals surface area contributed by atoms with Gasteiger partial charge in [-0.25, -0.2) is 4.98 Å². The van der Waals surface area contributed by atoms with E-state index in [1.54, 1.807) is 11.3 Å². The Morgan fingerprint density at radius 2 is 2.12 bits per heavy atom. The van der Waals surface area contributed by atoms with Crippen molar-refractivity contribution in [1.82, 2.24) is 9.88 Å². The van der Waals surface area contributed by atoms with E-state index in [0.29, 0.717) is 32.2 Å². The molecule has 5 heteroatoms. The fraction of sp³-hybridized carbons (Fsp3) is 0.667. The molecule has 1 saturated carbocycles. The van der Waals surface area contributed by atoms with E-state index in [1.165, 1.54) is 12.8 Å². The maximum Gasteiger partial charge on any atom is 0.266 e. The minimum atomic E-state index is 0.134. The van der Waals surface area contributed by atoms with Gasteiger partial charge in [0.1, 0.15) is 4.88 Å². The summed E-state index contributed by atoms with van der Waals surface area (Å²) >= 11 is 1.59.